The molecule has 2 fully saturated rings. The topological polar surface area (TPSA) is 40.5 Å². The summed E-state index contributed by atoms with van der Waals surface area (Å²) in [4.78, 5) is 13.8. The molecular formula is C12H21NO2. The molecule has 3 nitrogen and oxygen atoms in total. The van der Waals surface area contributed by atoms with Crippen LogP contribution in [-0.4, -0.2) is 36.1 Å². The minimum absolute atomic E-state index is 0.0274. The molecule has 0 aromatic rings. The molecule has 0 unspecified atom stereocenters. The monoisotopic (exact) mass is 211 g/mol. The number of amides is 1. The van der Waals surface area contributed by atoms with Crippen LogP contribution < -0.4 is 0 Å². The van der Waals surface area contributed by atoms with Gasteiger partial charge in [-0.2, -0.15) is 0 Å². The van der Waals surface area contributed by atoms with Gasteiger partial charge in [-0.3, -0.25) is 4.79 Å². The zero-order valence-electron chi connectivity index (χ0n) is 9.54. The first-order valence-corrected chi connectivity index (χ1v) is 6.04. The van der Waals surface area contributed by atoms with Gasteiger partial charge in [0.25, 0.3) is 0 Å². The Hall–Kier alpha value is -0.570. The van der Waals surface area contributed by atoms with Crippen molar-refractivity contribution in [2.75, 3.05) is 20.2 Å². The van der Waals surface area contributed by atoms with Gasteiger partial charge < -0.3 is 10.0 Å². The van der Waals surface area contributed by atoms with Crippen molar-refractivity contribution < 1.29 is 9.90 Å². The van der Waals surface area contributed by atoms with Gasteiger partial charge in [0.1, 0.15) is 0 Å². The summed E-state index contributed by atoms with van der Waals surface area (Å²) in [6.07, 6.45) is 6.93. The molecule has 2 aliphatic rings. The van der Waals surface area contributed by atoms with Crippen molar-refractivity contribution in [1.82, 2.24) is 4.90 Å². The summed E-state index contributed by atoms with van der Waals surface area (Å²) < 4.78 is 0. The number of hydrogen-bond acceptors (Lipinski definition) is 2. The summed E-state index contributed by atoms with van der Waals surface area (Å²) in [6, 6.07) is 0. The minimum Gasteiger partial charge on any atom is -0.395 e. The molecule has 0 aromatic heterocycles. The quantitative estimate of drug-likeness (QED) is 0.747. The zero-order valence-corrected chi connectivity index (χ0v) is 9.54. The summed E-state index contributed by atoms with van der Waals surface area (Å²) in [5.41, 5.74) is -0.381. The van der Waals surface area contributed by atoms with Crippen LogP contribution in [0, 0.1) is 11.3 Å². The Morgan fingerprint density at radius 3 is 2.53 bits per heavy atom. The third-order valence-corrected chi connectivity index (χ3v) is 4.05. The molecule has 0 saturated heterocycles. The summed E-state index contributed by atoms with van der Waals surface area (Å²) in [6.45, 7) is 0.894. The van der Waals surface area contributed by atoms with Crippen molar-refractivity contribution in [3.8, 4) is 0 Å². The van der Waals surface area contributed by atoms with Crippen LogP contribution in [0.3, 0.4) is 0 Å². The third kappa shape index (κ3) is 2.17. The maximum Gasteiger partial charge on any atom is 0.230 e. The Balaban J connectivity index is 1.74. The van der Waals surface area contributed by atoms with Crippen LogP contribution in [0.1, 0.15) is 38.5 Å². The molecule has 0 atom stereocenters. The average molecular weight is 211 g/mol. The number of carbonyl (C=O) groups excluding carboxylic acids is 1. The lowest BCUT2D eigenvalue weighted by Gasteiger charge is -2.29. The van der Waals surface area contributed by atoms with Crippen molar-refractivity contribution in [1.29, 1.82) is 0 Å². The lowest BCUT2D eigenvalue weighted by atomic mass is 9.83. The number of rotatable bonds is 5. The first-order valence-electron chi connectivity index (χ1n) is 6.04. The van der Waals surface area contributed by atoms with E-state index in [0.29, 0.717) is 0 Å². The third-order valence-electron chi connectivity index (χ3n) is 4.05. The summed E-state index contributed by atoms with van der Waals surface area (Å²) in [5.74, 6) is 1.01. The standard InChI is InChI=1S/C12H21NO2/c1-13(8-5-10-3-2-4-10)11(15)12(9-14)6-7-12/h10,14H,2-9H2,1H3. The number of hydrogen-bond donors (Lipinski definition) is 1. The predicted octanol–water partition coefficient (Wildman–Crippen LogP) is 1.41. The second-order valence-corrected chi connectivity index (χ2v) is 5.25. The molecular weight excluding hydrogens is 190 g/mol. The van der Waals surface area contributed by atoms with E-state index >= 15 is 0 Å². The van der Waals surface area contributed by atoms with E-state index in [1.807, 2.05) is 11.9 Å². The summed E-state index contributed by atoms with van der Waals surface area (Å²) in [5, 5.41) is 9.16. The number of aliphatic hydroxyl groups is 1. The van der Waals surface area contributed by atoms with Crippen molar-refractivity contribution in [2.45, 2.75) is 38.5 Å². The van der Waals surface area contributed by atoms with E-state index in [4.69, 9.17) is 5.11 Å². The zero-order chi connectivity index (χ0) is 10.9. The maximum absolute atomic E-state index is 11.9. The highest BCUT2D eigenvalue weighted by Gasteiger charge is 2.50. The highest BCUT2D eigenvalue weighted by Crippen LogP contribution is 2.46. The van der Waals surface area contributed by atoms with Crippen LogP contribution in [0.15, 0.2) is 0 Å². The first-order chi connectivity index (χ1) is 7.18. The Kier molecular flexibility index (Phi) is 3.01. The van der Waals surface area contributed by atoms with E-state index in [1.165, 1.54) is 19.3 Å². The van der Waals surface area contributed by atoms with Crippen LogP contribution in [0.25, 0.3) is 0 Å². The molecule has 1 amide bonds. The Morgan fingerprint density at radius 1 is 1.47 bits per heavy atom. The van der Waals surface area contributed by atoms with Crippen molar-refractivity contribution in [3.05, 3.63) is 0 Å². The van der Waals surface area contributed by atoms with E-state index in [0.717, 1.165) is 31.7 Å². The van der Waals surface area contributed by atoms with E-state index < -0.39 is 0 Å². The molecule has 0 heterocycles. The fourth-order valence-electron chi connectivity index (χ4n) is 2.25. The molecule has 3 heteroatoms. The van der Waals surface area contributed by atoms with Crippen molar-refractivity contribution >= 4 is 5.91 Å². The minimum atomic E-state index is -0.381. The van der Waals surface area contributed by atoms with Gasteiger partial charge >= 0.3 is 0 Å². The molecule has 2 saturated carbocycles. The van der Waals surface area contributed by atoms with Crippen molar-refractivity contribution in [3.63, 3.8) is 0 Å². The molecule has 1 N–H and O–H groups in total. The van der Waals surface area contributed by atoms with Gasteiger partial charge in [0, 0.05) is 13.6 Å². The van der Waals surface area contributed by atoms with E-state index in [1.54, 1.807) is 0 Å². The van der Waals surface area contributed by atoms with Crippen LogP contribution in [0.5, 0.6) is 0 Å². The molecule has 86 valence electrons. The van der Waals surface area contributed by atoms with E-state index in [2.05, 4.69) is 0 Å². The lowest BCUT2D eigenvalue weighted by Crippen LogP contribution is -2.37. The van der Waals surface area contributed by atoms with E-state index in [9.17, 15) is 4.79 Å². The Labute approximate surface area is 91.5 Å². The first kappa shape index (κ1) is 10.9. The molecule has 0 bridgehead atoms. The molecule has 0 aromatic carbocycles. The second-order valence-electron chi connectivity index (χ2n) is 5.25. The summed E-state index contributed by atoms with van der Waals surface area (Å²) >= 11 is 0. The van der Waals surface area contributed by atoms with Crippen LogP contribution in [-0.2, 0) is 4.79 Å². The molecule has 2 rings (SSSR count). The van der Waals surface area contributed by atoms with Gasteiger partial charge in [-0.25, -0.2) is 0 Å². The highest BCUT2D eigenvalue weighted by molar-refractivity contribution is 5.85. The number of aliphatic hydroxyl groups excluding tert-OH is 1. The van der Waals surface area contributed by atoms with Gasteiger partial charge in [0.2, 0.25) is 5.91 Å². The maximum atomic E-state index is 11.9. The molecule has 0 spiro atoms. The van der Waals surface area contributed by atoms with Crippen LogP contribution >= 0.6 is 0 Å². The van der Waals surface area contributed by atoms with Gasteiger partial charge in [-0.05, 0) is 25.2 Å². The molecule has 0 radical (unpaired) electrons. The van der Waals surface area contributed by atoms with E-state index in [-0.39, 0.29) is 17.9 Å². The smallest absolute Gasteiger partial charge is 0.230 e. The average Bonchev–Trinajstić information content (AvgIpc) is 2.94. The largest absolute Gasteiger partial charge is 0.395 e. The lowest BCUT2D eigenvalue weighted by molar-refractivity contribution is -0.137. The highest BCUT2D eigenvalue weighted by atomic mass is 16.3. The fraction of sp³-hybridized carbons (Fsp3) is 0.917. The second kappa shape index (κ2) is 4.12. The molecule has 0 aliphatic heterocycles. The van der Waals surface area contributed by atoms with Gasteiger partial charge in [-0.15, -0.1) is 0 Å². The molecule has 2 aliphatic carbocycles. The number of carbonyl (C=O) groups is 1. The molecule has 15 heavy (non-hydrogen) atoms. The van der Waals surface area contributed by atoms with Crippen LogP contribution in [0.4, 0.5) is 0 Å². The fourth-order valence-corrected chi connectivity index (χ4v) is 2.25. The van der Waals surface area contributed by atoms with Gasteiger partial charge in [-0.1, -0.05) is 19.3 Å². The Morgan fingerprint density at radius 2 is 2.13 bits per heavy atom. The van der Waals surface area contributed by atoms with Crippen LogP contribution in [0.2, 0.25) is 0 Å². The van der Waals surface area contributed by atoms with Gasteiger partial charge in [0.05, 0.1) is 12.0 Å². The number of nitrogens with zero attached hydrogens (tertiary/aromatic N) is 1. The summed E-state index contributed by atoms with van der Waals surface area (Å²) in [7, 11) is 1.87. The van der Waals surface area contributed by atoms with Gasteiger partial charge in [0.15, 0.2) is 0 Å². The predicted molar refractivity (Wildman–Crippen MR) is 58.3 cm³/mol. The SMILES string of the molecule is CN(CCC1CCC1)C(=O)C1(CO)CC1. The normalized spacial score (nSPS) is 23.3. The Bertz CT molecular complexity index is 244. The van der Waals surface area contributed by atoms with Crippen molar-refractivity contribution in [2.24, 2.45) is 11.3 Å².